The van der Waals surface area contributed by atoms with E-state index in [1.807, 2.05) is 52.0 Å². The Kier molecular flexibility index (Phi) is 4.60. The van der Waals surface area contributed by atoms with Gasteiger partial charge in [-0.2, -0.15) is 12.6 Å². The van der Waals surface area contributed by atoms with E-state index < -0.39 is 18.3 Å². The van der Waals surface area contributed by atoms with E-state index in [1.165, 1.54) is 0 Å². The number of hydrogen-bond acceptors (Lipinski definition) is 5. The fourth-order valence-electron chi connectivity index (χ4n) is 2.76. The van der Waals surface area contributed by atoms with Crippen molar-refractivity contribution in [2.75, 3.05) is 5.75 Å². The molecule has 0 unspecified atom stereocenters. The summed E-state index contributed by atoms with van der Waals surface area (Å²) in [6.07, 6.45) is 1.97. The number of aromatic nitrogens is 2. The number of rotatable bonds is 3. The van der Waals surface area contributed by atoms with E-state index in [0.717, 1.165) is 11.0 Å². The first-order chi connectivity index (χ1) is 11.6. The highest BCUT2D eigenvalue weighted by Gasteiger charge is 2.52. The minimum atomic E-state index is -0.451. The molecule has 1 aromatic heterocycles. The van der Waals surface area contributed by atoms with Crippen molar-refractivity contribution in [3.8, 4) is 0 Å². The van der Waals surface area contributed by atoms with Crippen LogP contribution in [0.15, 0.2) is 28.5 Å². The molecule has 25 heavy (non-hydrogen) atoms. The van der Waals surface area contributed by atoms with Crippen molar-refractivity contribution in [2.24, 2.45) is 0 Å². The molecule has 2 heterocycles. The Morgan fingerprint density at radius 3 is 2.52 bits per heavy atom. The Morgan fingerprint density at radius 1 is 1.28 bits per heavy atom. The Morgan fingerprint density at radius 2 is 1.92 bits per heavy atom. The molecule has 0 radical (unpaired) electrons. The van der Waals surface area contributed by atoms with Crippen LogP contribution in [0.4, 0.5) is 0 Å². The number of benzene rings is 1. The second kappa shape index (κ2) is 6.30. The average molecular weight is 358 g/mol. The van der Waals surface area contributed by atoms with E-state index in [2.05, 4.69) is 22.6 Å². The van der Waals surface area contributed by atoms with Crippen LogP contribution in [0, 0.1) is 6.92 Å². The molecular formula is C18H23BN2O3S. The zero-order chi connectivity index (χ0) is 18.4. The predicted molar refractivity (Wildman–Crippen MR) is 105 cm³/mol. The third kappa shape index (κ3) is 3.41. The van der Waals surface area contributed by atoms with E-state index >= 15 is 0 Å². The number of fused-ring (bicyclic) bond motifs is 1. The molecule has 1 aliphatic heterocycles. The molecule has 1 N–H and O–H groups in total. The Labute approximate surface area is 153 Å². The summed E-state index contributed by atoms with van der Waals surface area (Å²) in [7, 11) is -0.451. The maximum atomic E-state index is 12.2. The number of H-pyrrole nitrogens is 1. The van der Waals surface area contributed by atoms with Crippen LogP contribution < -0.4 is 5.56 Å². The van der Waals surface area contributed by atoms with Crippen molar-refractivity contribution in [1.82, 2.24) is 9.97 Å². The first-order valence-corrected chi connectivity index (χ1v) is 8.94. The first kappa shape index (κ1) is 18.2. The van der Waals surface area contributed by atoms with Crippen molar-refractivity contribution in [3.05, 3.63) is 45.4 Å². The van der Waals surface area contributed by atoms with Crippen LogP contribution in [-0.4, -0.2) is 34.0 Å². The maximum Gasteiger partial charge on any atom is 0.491 e. The largest absolute Gasteiger partial charge is 0.491 e. The van der Waals surface area contributed by atoms with Crippen LogP contribution in [0.1, 0.15) is 39.1 Å². The highest BCUT2D eigenvalue weighted by molar-refractivity contribution is 7.80. The third-order valence-electron chi connectivity index (χ3n) is 4.94. The number of hydrogen-bond donors (Lipinski definition) is 2. The Balaban J connectivity index is 1.98. The molecule has 5 nitrogen and oxygen atoms in total. The molecule has 1 aliphatic rings. The van der Waals surface area contributed by atoms with Gasteiger partial charge >= 0.3 is 7.12 Å². The van der Waals surface area contributed by atoms with E-state index in [9.17, 15) is 4.79 Å². The quantitative estimate of drug-likeness (QED) is 0.654. The molecule has 2 aromatic rings. The van der Waals surface area contributed by atoms with Crippen molar-refractivity contribution < 1.29 is 9.31 Å². The molecule has 3 rings (SSSR count). The van der Waals surface area contributed by atoms with Crippen molar-refractivity contribution in [3.63, 3.8) is 0 Å². The topological polar surface area (TPSA) is 64.2 Å². The van der Waals surface area contributed by atoms with Crippen molar-refractivity contribution in [2.45, 2.75) is 45.8 Å². The van der Waals surface area contributed by atoms with Gasteiger partial charge in [-0.05, 0) is 57.8 Å². The third-order valence-corrected chi connectivity index (χ3v) is 5.30. The van der Waals surface area contributed by atoms with Gasteiger partial charge in [0.05, 0.1) is 22.1 Å². The van der Waals surface area contributed by atoms with Crippen LogP contribution in [0.2, 0.25) is 0 Å². The van der Waals surface area contributed by atoms with Crippen molar-refractivity contribution >= 4 is 36.7 Å². The molecule has 0 spiro atoms. The van der Waals surface area contributed by atoms with Gasteiger partial charge in [0, 0.05) is 5.75 Å². The number of nitrogens with one attached hydrogen (secondary N) is 1. The first-order valence-electron chi connectivity index (χ1n) is 8.30. The summed E-state index contributed by atoms with van der Waals surface area (Å²) in [6.45, 7) is 9.85. The second-order valence-electron chi connectivity index (χ2n) is 7.39. The van der Waals surface area contributed by atoms with Crippen LogP contribution in [0.5, 0.6) is 0 Å². The summed E-state index contributed by atoms with van der Waals surface area (Å²) in [4.78, 5) is 19.2. The van der Waals surface area contributed by atoms with Gasteiger partial charge in [0.1, 0.15) is 5.82 Å². The number of aryl methyl sites for hydroxylation is 1. The number of aromatic amines is 1. The molecule has 0 saturated carbocycles. The minimum absolute atomic E-state index is 0.138. The monoisotopic (exact) mass is 358 g/mol. The molecule has 0 aliphatic carbocycles. The molecule has 1 aromatic carbocycles. The Hall–Kier alpha value is -1.57. The minimum Gasteiger partial charge on any atom is -0.400 e. The van der Waals surface area contributed by atoms with Gasteiger partial charge in [-0.25, -0.2) is 4.98 Å². The molecule has 1 fully saturated rings. The SMILES string of the molecule is Cc1nc2ccc(C=C(CS)B3OC(C)(C)C(C)(C)O3)cc2c(=O)[nH]1. The predicted octanol–water partition coefficient (Wildman–Crippen LogP) is 3.18. The summed E-state index contributed by atoms with van der Waals surface area (Å²) in [5.41, 5.74) is 1.55. The zero-order valence-corrected chi connectivity index (χ0v) is 16.1. The molecular weight excluding hydrogens is 335 g/mol. The van der Waals surface area contributed by atoms with Crippen LogP contribution >= 0.6 is 12.6 Å². The van der Waals surface area contributed by atoms with E-state index in [0.29, 0.717) is 22.5 Å². The van der Waals surface area contributed by atoms with Gasteiger partial charge in [-0.1, -0.05) is 12.1 Å². The zero-order valence-electron chi connectivity index (χ0n) is 15.2. The molecule has 7 heteroatoms. The number of nitrogens with zero attached hydrogens (tertiary/aromatic N) is 1. The van der Waals surface area contributed by atoms with Crippen molar-refractivity contribution in [1.29, 1.82) is 0 Å². The summed E-state index contributed by atoms with van der Waals surface area (Å²) >= 11 is 4.43. The number of thiol groups is 1. The van der Waals surface area contributed by atoms with E-state index in [4.69, 9.17) is 9.31 Å². The molecule has 0 amide bonds. The smallest absolute Gasteiger partial charge is 0.400 e. The molecule has 132 valence electrons. The molecule has 0 atom stereocenters. The lowest BCUT2D eigenvalue weighted by Gasteiger charge is -2.32. The highest BCUT2D eigenvalue weighted by atomic mass is 32.1. The lowest BCUT2D eigenvalue weighted by molar-refractivity contribution is 0.00578. The summed E-state index contributed by atoms with van der Waals surface area (Å²) in [5.74, 6) is 1.10. The summed E-state index contributed by atoms with van der Waals surface area (Å²) < 4.78 is 12.2. The van der Waals surface area contributed by atoms with Gasteiger partial charge < -0.3 is 14.3 Å². The van der Waals surface area contributed by atoms with E-state index in [-0.39, 0.29) is 5.56 Å². The van der Waals surface area contributed by atoms with Crippen LogP contribution in [0.25, 0.3) is 17.0 Å². The normalized spacial score (nSPS) is 19.6. The van der Waals surface area contributed by atoms with Gasteiger partial charge in [-0.15, -0.1) is 0 Å². The van der Waals surface area contributed by atoms with Crippen LogP contribution in [0.3, 0.4) is 0 Å². The van der Waals surface area contributed by atoms with Gasteiger partial charge in [0.15, 0.2) is 0 Å². The fourth-order valence-corrected chi connectivity index (χ4v) is 3.00. The summed E-state index contributed by atoms with van der Waals surface area (Å²) in [6, 6.07) is 5.61. The highest BCUT2D eigenvalue weighted by Crippen LogP contribution is 2.39. The average Bonchev–Trinajstić information content (AvgIpc) is 2.73. The van der Waals surface area contributed by atoms with E-state index in [1.54, 1.807) is 6.92 Å². The molecule has 1 saturated heterocycles. The standard InChI is InChI=1S/C18H23BN2O3S/c1-11-20-15-7-6-12(9-14(15)16(22)21-11)8-13(10-25)19-23-17(2,3)18(4,5)24-19/h6-9,25H,10H2,1-5H3,(H,20,21,22). The maximum absolute atomic E-state index is 12.2. The lowest BCUT2D eigenvalue weighted by atomic mass is 9.78. The fraction of sp³-hybridized carbons (Fsp3) is 0.444. The van der Waals surface area contributed by atoms with Gasteiger partial charge in [0.25, 0.3) is 5.56 Å². The Bertz CT molecular complexity index is 889. The van der Waals surface area contributed by atoms with Crippen LogP contribution in [-0.2, 0) is 9.31 Å². The molecule has 0 bridgehead atoms. The van der Waals surface area contributed by atoms with Gasteiger partial charge in [0.2, 0.25) is 0 Å². The summed E-state index contributed by atoms with van der Waals surface area (Å²) in [5, 5.41) is 0.562. The lowest BCUT2D eigenvalue weighted by Crippen LogP contribution is -2.41. The second-order valence-corrected chi connectivity index (χ2v) is 7.71. The van der Waals surface area contributed by atoms with Gasteiger partial charge in [-0.3, -0.25) is 4.79 Å².